The second-order valence-corrected chi connectivity index (χ2v) is 3.55. The van der Waals surface area contributed by atoms with Crippen LogP contribution in [0.3, 0.4) is 0 Å². The molecule has 0 aliphatic heterocycles. The number of nitrogens with zero attached hydrogens (tertiary/aromatic N) is 1. The van der Waals surface area contributed by atoms with Crippen molar-refractivity contribution in [2.75, 3.05) is 5.88 Å². The number of hydrogen-bond acceptors (Lipinski definition) is 3. The van der Waals surface area contributed by atoms with Crippen molar-refractivity contribution < 1.29 is 9.72 Å². The van der Waals surface area contributed by atoms with Crippen molar-refractivity contribution in [3.8, 4) is 0 Å². The lowest BCUT2D eigenvalue weighted by atomic mass is 10.1. The molecule has 0 unspecified atom stereocenters. The molecule has 0 amide bonds. The number of Topliss-reactive ketones (excluding diaryl/α,β-unsaturated/α-hetero) is 1. The summed E-state index contributed by atoms with van der Waals surface area (Å²) in [6.07, 6.45) is 0. The van der Waals surface area contributed by atoms with Gasteiger partial charge in [0.25, 0.3) is 5.69 Å². The van der Waals surface area contributed by atoms with Crippen LogP contribution in [0.1, 0.15) is 15.9 Å². The summed E-state index contributed by atoms with van der Waals surface area (Å²) < 4.78 is 0. The zero-order valence-corrected chi connectivity index (χ0v) is 9.30. The summed E-state index contributed by atoms with van der Waals surface area (Å²) in [4.78, 5) is 21.4. The molecular formula is C9H7Cl2NO3. The number of rotatable bonds is 3. The van der Waals surface area contributed by atoms with Crippen molar-refractivity contribution in [2.45, 2.75) is 6.92 Å². The van der Waals surface area contributed by atoms with Gasteiger partial charge in [0.15, 0.2) is 5.78 Å². The first-order chi connectivity index (χ1) is 6.99. The Morgan fingerprint density at radius 2 is 2.13 bits per heavy atom. The normalized spacial score (nSPS) is 10.1. The largest absolute Gasteiger partial charge is 0.298 e. The molecule has 0 saturated heterocycles. The number of nitro groups is 1. The second-order valence-electron chi connectivity index (χ2n) is 2.91. The molecule has 0 heterocycles. The first-order valence-electron chi connectivity index (χ1n) is 4.01. The van der Waals surface area contributed by atoms with Crippen molar-refractivity contribution >= 4 is 34.7 Å². The van der Waals surface area contributed by atoms with Gasteiger partial charge >= 0.3 is 0 Å². The Bertz CT molecular complexity index is 432. The van der Waals surface area contributed by atoms with Gasteiger partial charge in [0.05, 0.1) is 16.4 Å². The lowest BCUT2D eigenvalue weighted by Gasteiger charge is -2.03. The fourth-order valence-corrected chi connectivity index (χ4v) is 1.52. The Labute approximate surface area is 95.9 Å². The predicted molar refractivity (Wildman–Crippen MR) is 57.9 cm³/mol. The van der Waals surface area contributed by atoms with E-state index >= 15 is 0 Å². The summed E-state index contributed by atoms with van der Waals surface area (Å²) in [7, 11) is 0. The van der Waals surface area contributed by atoms with Crippen LogP contribution < -0.4 is 0 Å². The van der Waals surface area contributed by atoms with Crippen LogP contribution in [0.5, 0.6) is 0 Å². The first-order valence-corrected chi connectivity index (χ1v) is 4.93. The summed E-state index contributed by atoms with van der Waals surface area (Å²) in [5.74, 6) is -0.814. The Morgan fingerprint density at radius 3 is 2.60 bits per heavy atom. The predicted octanol–water partition coefficient (Wildman–Crippen LogP) is 2.98. The van der Waals surface area contributed by atoms with E-state index in [0.29, 0.717) is 5.56 Å². The smallest absolute Gasteiger partial charge is 0.293 e. The summed E-state index contributed by atoms with van der Waals surface area (Å²) in [5, 5.41) is 10.7. The van der Waals surface area contributed by atoms with E-state index in [1.807, 2.05) is 0 Å². The summed E-state index contributed by atoms with van der Waals surface area (Å²) in [6, 6.07) is 2.92. The maximum absolute atomic E-state index is 11.3. The average Bonchev–Trinajstić information content (AvgIpc) is 2.20. The third-order valence-corrected chi connectivity index (χ3v) is 2.63. The number of halogens is 2. The number of benzene rings is 1. The quantitative estimate of drug-likeness (QED) is 0.357. The highest BCUT2D eigenvalue weighted by molar-refractivity contribution is 6.35. The molecule has 1 aromatic carbocycles. The van der Waals surface area contributed by atoms with E-state index in [9.17, 15) is 14.9 Å². The molecule has 4 nitrogen and oxygen atoms in total. The van der Waals surface area contributed by atoms with Crippen LogP contribution in [-0.4, -0.2) is 16.6 Å². The van der Waals surface area contributed by atoms with E-state index in [4.69, 9.17) is 23.2 Å². The van der Waals surface area contributed by atoms with E-state index in [1.54, 1.807) is 13.0 Å². The first kappa shape index (κ1) is 11.9. The van der Waals surface area contributed by atoms with Crippen molar-refractivity contribution in [1.29, 1.82) is 0 Å². The SMILES string of the molecule is Cc1ccc(C(=O)CCl)c([N+](=O)[O-])c1Cl. The number of carbonyl (C=O) groups excluding carboxylic acids is 1. The number of carbonyl (C=O) groups is 1. The zero-order chi connectivity index (χ0) is 11.6. The number of aryl methyl sites for hydroxylation is 1. The molecule has 0 aliphatic carbocycles. The van der Waals surface area contributed by atoms with Gasteiger partial charge in [-0.2, -0.15) is 0 Å². The van der Waals surface area contributed by atoms with Gasteiger partial charge in [0.2, 0.25) is 0 Å². The number of hydrogen-bond donors (Lipinski definition) is 0. The van der Waals surface area contributed by atoms with Gasteiger partial charge in [0, 0.05) is 0 Å². The summed E-state index contributed by atoms with van der Waals surface area (Å²) >= 11 is 11.1. The van der Waals surface area contributed by atoms with Gasteiger partial charge in [-0.25, -0.2) is 0 Å². The van der Waals surface area contributed by atoms with E-state index < -0.39 is 10.7 Å². The van der Waals surface area contributed by atoms with Gasteiger partial charge in [-0.1, -0.05) is 17.7 Å². The Balaban J connectivity index is 3.46. The number of ketones is 1. The summed E-state index contributed by atoms with van der Waals surface area (Å²) in [5.41, 5.74) is 0.127. The van der Waals surface area contributed by atoms with Gasteiger partial charge < -0.3 is 0 Å². The Morgan fingerprint density at radius 1 is 1.53 bits per heavy atom. The van der Waals surface area contributed by atoms with Crippen LogP contribution in [0, 0.1) is 17.0 Å². The molecule has 15 heavy (non-hydrogen) atoms. The molecule has 1 rings (SSSR count). The molecule has 80 valence electrons. The van der Waals surface area contributed by atoms with Gasteiger partial charge in [0.1, 0.15) is 5.02 Å². The van der Waals surface area contributed by atoms with Crippen LogP contribution in [0.4, 0.5) is 5.69 Å². The number of nitro benzene ring substituents is 1. The van der Waals surface area contributed by atoms with E-state index in [2.05, 4.69) is 0 Å². The standard InChI is InChI=1S/C9H7Cl2NO3/c1-5-2-3-6(7(13)4-10)9(8(5)11)12(14)15/h2-3H,4H2,1H3. The van der Waals surface area contributed by atoms with E-state index in [1.165, 1.54) is 6.07 Å². The van der Waals surface area contributed by atoms with Crippen molar-refractivity contribution in [3.05, 3.63) is 38.4 Å². The maximum atomic E-state index is 11.3. The lowest BCUT2D eigenvalue weighted by molar-refractivity contribution is -0.385. The Kier molecular flexibility index (Phi) is 3.66. The average molecular weight is 248 g/mol. The molecule has 0 spiro atoms. The topological polar surface area (TPSA) is 60.2 Å². The molecule has 0 fully saturated rings. The van der Waals surface area contributed by atoms with Crippen molar-refractivity contribution in [3.63, 3.8) is 0 Å². The highest BCUT2D eigenvalue weighted by atomic mass is 35.5. The minimum absolute atomic E-state index is 0.0176. The maximum Gasteiger partial charge on any atom is 0.298 e. The van der Waals surface area contributed by atoms with Crippen molar-refractivity contribution in [1.82, 2.24) is 0 Å². The highest BCUT2D eigenvalue weighted by Crippen LogP contribution is 2.31. The van der Waals surface area contributed by atoms with Crippen LogP contribution in [-0.2, 0) is 0 Å². The van der Waals surface area contributed by atoms with Crippen LogP contribution in [0.25, 0.3) is 0 Å². The molecule has 0 aliphatic rings. The zero-order valence-electron chi connectivity index (χ0n) is 7.79. The Hall–Kier alpha value is -1.13. The molecule has 0 aromatic heterocycles. The monoisotopic (exact) mass is 247 g/mol. The molecular weight excluding hydrogens is 241 g/mol. The molecule has 6 heteroatoms. The van der Waals surface area contributed by atoms with Gasteiger partial charge in [-0.3, -0.25) is 14.9 Å². The molecule has 0 saturated carbocycles. The van der Waals surface area contributed by atoms with Gasteiger partial charge in [-0.05, 0) is 18.6 Å². The van der Waals surface area contributed by atoms with Crippen LogP contribution in [0.2, 0.25) is 5.02 Å². The minimum Gasteiger partial charge on any atom is -0.293 e. The molecule has 0 bridgehead atoms. The van der Waals surface area contributed by atoms with Crippen LogP contribution in [0.15, 0.2) is 12.1 Å². The van der Waals surface area contributed by atoms with E-state index in [0.717, 1.165) is 0 Å². The number of alkyl halides is 1. The third kappa shape index (κ3) is 2.27. The lowest BCUT2D eigenvalue weighted by Crippen LogP contribution is -2.06. The molecule has 1 aromatic rings. The molecule has 0 N–H and O–H groups in total. The van der Waals surface area contributed by atoms with Crippen molar-refractivity contribution in [2.24, 2.45) is 0 Å². The third-order valence-electron chi connectivity index (χ3n) is 1.91. The molecule has 0 atom stereocenters. The second kappa shape index (κ2) is 4.59. The fraction of sp³-hybridized carbons (Fsp3) is 0.222. The van der Waals surface area contributed by atoms with E-state index in [-0.39, 0.29) is 22.2 Å². The highest BCUT2D eigenvalue weighted by Gasteiger charge is 2.24. The minimum atomic E-state index is -0.672. The molecule has 0 radical (unpaired) electrons. The fourth-order valence-electron chi connectivity index (χ4n) is 1.14. The van der Waals surface area contributed by atoms with Gasteiger partial charge in [-0.15, -0.1) is 11.6 Å². The van der Waals surface area contributed by atoms with Crippen LogP contribution >= 0.6 is 23.2 Å². The summed E-state index contributed by atoms with van der Waals surface area (Å²) in [6.45, 7) is 1.63.